The predicted molar refractivity (Wildman–Crippen MR) is 76.5 cm³/mol. The molecule has 0 aliphatic rings. The van der Waals surface area contributed by atoms with E-state index in [-0.39, 0.29) is 12.1 Å². The molecule has 0 saturated heterocycles. The molecular formula is C14H7Cl2N3O. The quantitative estimate of drug-likeness (QED) is 0.855. The normalized spacial score (nSPS) is 9.80. The average molecular weight is 304 g/mol. The topological polar surface area (TPSA) is 69.6 Å². The summed E-state index contributed by atoms with van der Waals surface area (Å²) in [5, 5.41) is 18.6. The highest BCUT2D eigenvalue weighted by Gasteiger charge is 2.12. The average Bonchev–Trinajstić information content (AvgIpc) is 2.42. The lowest BCUT2D eigenvalue weighted by molar-refractivity contribution is 0.794. The van der Waals surface area contributed by atoms with E-state index in [1.165, 1.54) is 10.6 Å². The van der Waals surface area contributed by atoms with Crippen molar-refractivity contribution in [2.45, 2.75) is 6.54 Å². The van der Waals surface area contributed by atoms with Gasteiger partial charge in [0.2, 0.25) is 0 Å². The largest absolute Gasteiger partial charge is 0.293 e. The van der Waals surface area contributed by atoms with Crippen LogP contribution in [0.5, 0.6) is 0 Å². The van der Waals surface area contributed by atoms with Crippen LogP contribution in [0.1, 0.15) is 5.56 Å². The molecule has 0 aliphatic carbocycles. The van der Waals surface area contributed by atoms with E-state index in [1.807, 2.05) is 6.07 Å². The van der Waals surface area contributed by atoms with E-state index >= 15 is 0 Å². The van der Waals surface area contributed by atoms with Crippen LogP contribution in [0.4, 0.5) is 0 Å². The van der Waals surface area contributed by atoms with Crippen molar-refractivity contribution < 1.29 is 0 Å². The minimum atomic E-state index is -0.516. The van der Waals surface area contributed by atoms with Crippen LogP contribution in [0.25, 0.3) is 11.3 Å². The van der Waals surface area contributed by atoms with Gasteiger partial charge < -0.3 is 0 Å². The van der Waals surface area contributed by atoms with Gasteiger partial charge in [0.1, 0.15) is 18.2 Å². The van der Waals surface area contributed by atoms with Crippen molar-refractivity contribution in [3.05, 3.63) is 56.3 Å². The number of hydrogen-bond donors (Lipinski definition) is 0. The number of hydrogen-bond acceptors (Lipinski definition) is 3. The number of nitriles is 2. The molecule has 20 heavy (non-hydrogen) atoms. The molecule has 0 N–H and O–H groups in total. The lowest BCUT2D eigenvalue weighted by atomic mass is 10.1. The van der Waals surface area contributed by atoms with Gasteiger partial charge >= 0.3 is 0 Å². The van der Waals surface area contributed by atoms with Crippen molar-refractivity contribution in [3.8, 4) is 23.4 Å². The summed E-state index contributed by atoms with van der Waals surface area (Å²) in [5.74, 6) is 0. The summed E-state index contributed by atoms with van der Waals surface area (Å²) in [7, 11) is 0. The fourth-order valence-electron chi connectivity index (χ4n) is 1.82. The molecule has 0 aliphatic heterocycles. The molecule has 4 nitrogen and oxygen atoms in total. The van der Waals surface area contributed by atoms with Crippen molar-refractivity contribution >= 4 is 23.2 Å². The first kappa shape index (κ1) is 14.1. The summed E-state index contributed by atoms with van der Waals surface area (Å²) in [6.45, 7) is -0.164. The third kappa shape index (κ3) is 2.53. The highest BCUT2D eigenvalue weighted by Crippen LogP contribution is 2.29. The molecular weight excluding hydrogens is 297 g/mol. The fourth-order valence-corrected chi connectivity index (χ4v) is 2.33. The van der Waals surface area contributed by atoms with E-state index in [4.69, 9.17) is 33.7 Å². The molecule has 2 aromatic rings. The molecule has 6 heteroatoms. The first-order valence-corrected chi connectivity index (χ1v) is 6.30. The maximum Gasteiger partial charge on any atom is 0.269 e. The number of rotatable bonds is 2. The van der Waals surface area contributed by atoms with E-state index in [1.54, 1.807) is 30.3 Å². The van der Waals surface area contributed by atoms with Gasteiger partial charge in [-0.05, 0) is 30.3 Å². The number of aromatic nitrogens is 1. The van der Waals surface area contributed by atoms with Gasteiger partial charge in [-0.2, -0.15) is 10.5 Å². The Morgan fingerprint density at radius 3 is 2.50 bits per heavy atom. The van der Waals surface area contributed by atoms with Crippen molar-refractivity contribution in [3.63, 3.8) is 0 Å². The molecule has 2 rings (SSSR count). The van der Waals surface area contributed by atoms with Gasteiger partial charge in [-0.1, -0.05) is 23.2 Å². The van der Waals surface area contributed by atoms with Crippen molar-refractivity contribution in [2.24, 2.45) is 0 Å². The molecule has 0 spiro atoms. The Balaban J connectivity index is 2.75. The van der Waals surface area contributed by atoms with E-state index in [0.29, 0.717) is 21.3 Å². The summed E-state index contributed by atoms with van der Waals surface area (Å²) >= 11 is 12.0. The van der Waals surface area contributed by atoms with Gasteiger partial charge in [0, 0.05) is 10.6 Å². The maximum atomic E-state index is 12.1. The van der Waals surface area contributed by atoms with E-state index in [9.17, 15) is 4.79 Å². The number of nitrogens with zero attached hydrogens (tertiary/aromatic N) is 3. The molecule has 0 saturated carbocycles. The summed E-state index contributed by atoms with van der Waals surface area (Å²) in [6, 6.07) is 11.6. The standard InChI is InChI=1S/C14H7Cl2N3O/c15-10-2-3-11(12(16)7-10)13-4-1-9(8-18)14(20)19(13)6-5-17/h1-4,7H,6H2. The van der Waals surface area contributed by atoms with Crippen LogP contribution in [0, 0.1) is 22.7 Å². The summed E-state index contributed by atoms with van der Waals surface area (Å²) < 4.78 is 1.22. The number of benzene rings is 1. The molecule has 98 valence electrons. The zero-order valence-electron chi connectivity index (χ0n) is 10.1. The van der Waals surface area contributed by atoms with Gasteiger partial charge in [-0.3, -0.25) is 9.36 Å². The molecule has 1 heterocycles. The maximum absolute atomic E-state index is 12.1. The van der Waals surface area contributed by atoms with Crippen LogP contribution >= 0.6 is 23.2 Å². The van der Waals surface area contributed by atoms with E-state index in [0.717, 1.165) is 0 Å². The Kier molecular flexibility index (Phi) is 4.10. The van der Waals surface area contributed by atoms with Crippen LogP contribution in [-0.4, -0.2) is 4.57 Å². The van der Waals surface area contributed by atoms with Crippen LogP contribution in [0.2, 0.25) is 10.0 Å². The van der Waals surface area contributed by atoms with Gasteiger partial charge in [0.05, 0.1) is 16.8 Å². The van der Waals surface area contributed by atoms with Gasteiger partial charge in [-0.25, -0.2) is 0 Å². The first-order valence-electron chi connectivity index (χ1n) is 5.55. The van der Waals surface area contributed by atoms with Crippen LogP contribution in [0.3, 0.4) is 0 Å². The Bertz CT molecular complexity index is 813. The van der Waals surface area contributed by atoms with Crippen molar-refractivity contribution in [1.82, 2.24) is 4.57 Å². The third-order valence-electron chi connectivity index (χ3n) is 2.73. The molecule has 1 aromatic heterocycles. The Hall–Kier alpha value is -2.27. The second-order valence-corrected chi connectivity index (χ2v) is 4.76. The Morgan fingerprint density at radius 1 is 1.15 bits per heavy atom. The predicted octanol–water partition coefficient (Wildman–Crippen LogP) is 3.22. The number of pyridine rings is 1. The van der Waals surface area contributed by atoms with Crippen LogP contribution < -0.4 is 5.56 Å². The summed E-state index contributed by atoms with van der Waals surface area (Å²) in [6.07, 6.45) is 0. The Morgan fingerprint density at radius 2 is 1.90 bits per heavy atom. The first-order chi connectivity index (χ1) is 9.58. The summed E-state index contributed by atoms with van der Waals surface area (Å²) in [4.78, 5) is 12.1. The number of halogens is 2. The lowest BCUT2D eigenvalue weighted by Crippen LogP contribution is -2.23. The minimum Gasteiger partial charge on any atom is -0.293 e. The fraction of sp³-hybridized carbons (Fsp3) is 0.0714. The van der Waals surface area contributed by atoms with Gasteiger partial charge in [0.25, 0.3) is 5.56 Å². The van der Waals surface area contributed by atoms with E-state index in [2.05, 4.69) is 0 Å². The minimum absolute atomic E-state index is 0.0194. The highest BCUT2D eigenvalue weighted by molar-refractivity contribution is 6.36. The SMILES string of the molecule is N#CCn1c(-c2ccc(Cl)cc2Cl)ccc(C#N)c1=O. The van der Waals surface area contributed by atoms with Crippen LogP contribution in [-0.2, 0) is 6.54 Å². The van der Waals surface area contributed by atoms with Crippen molar-refractivity contribution in [2.75, 3.05) is 0 Å². The molecule has 0 radical (unpaired) electrons. The molecule has 0 bridgehead atoms. The van der Waals surface area contributed by atoms with Crippen molar-refractivity contribution in [1.29, 1.82) is 10.5 Å². The third-order valence-corrected chi connectivity index (χ3v) is 3.28. The zero-order chi connectivity index (χ0) is 14.7. The Labute approximate surface area is 125 Å². The van der Waals surface area contributed by atoms with E-state index < -0.39 is 5.56 Å². The molecule has 0 atom stereocenters. The second kappa shape index (κ2) is 5.79. The molecule has 0 fully saturated rings. The molecule has 0 unspecified atom stereocenters. The lowest BCUT2D eigenvalue weighted by Gasteiger charge is -2.12. The molecule has 1 aromatic carbocycles. The molecule has 0 amide bonds. The van der Waals surface area contributed by atoms with Crippen LogP contribution in [0.15, 0.2) is 35.1 Å². The second-order valence-electron chi connectivity index (χ2n) is 3.92. The zero-order valence-corrected chi connectivity index (χ0v) is 11.6. The highest BCUT2D eigenvalue weighted by atomic mass is 35.5. The monoisotopic (exact) mass is 303 g/mol. The van der Waals surface area contributed by atoms with Gasteiger partial charge in [0.15, 0.2) is 0 Å². The summed E-state index contributed by atoms with van der Waals surface area (Å²) in [5.41, 5.74) is 0.511. The van der Waals surface area contributed by atoms with Gasteiger partial charge in [-0.15, -0.1) is 0 Å². The smallest absolute Gasteiger partial charge is 0.269 e.